The second kappa shape index (κ2) is 10.0. The molecule has 2 saturated carbocycles. The SMILES string of the molecule is C=C(CCn1cc([C@H]2C[C@@H](OC(F)(F)F)C2)nc1C)NC(=O)CO[C@H]1C[C@@H](OC(F)(F)F)C1. The first kappa shape index (κ1) is 25.5. The molecule has 0 bridgehead atoms. The molecular weight excluding hydrogens is 460 g/mol. The van der Waals surface area contributed by atoms with Gasteiger partial charge in [-0.2, -0.15) is 0 Å². The van der Waals surface area contributed by atoms with E-state index in [1.54, 1.807) is 13.1 Å². The number of nitrogens with one attached hydrogen (secondary N) is 1. The lowest BCUT2D eigenvalue weighted by molar-refractivity contribution is -0.357. The fraction of sp³-hybridized carbons (Fsp3) is 0.700. The summed E-state index contributed by atoms with van der Waals surface area (Å²) in [6.07, 6.45) is -8.76. The fourth-order valence-corrected chi connectivity index (χ4v) is 3.73. The quantitative estimate of drug-likeness (QED) is 0.506. The number of alkyl halides is 6. The molecule has 1 heterocycles. The highest BCUT2D eigenvalue weighted by Gasteiger charge is 2.42. The first-order valence-corrected chi connectivity index (χ1v) is 10.4. The third-order valence-corrected chi connectivity index (χ3v) is 5.58. The maximum atomic E-state index is 12.2. The summed E-state index contributed by atoms with van der Waals surface area (Å²) < 4.78 is 87.9. The summed E-state index contributed by atoms with van der Waals surface area (Å²) in [6, 6.07) is 0. The Hall–Kier alpha value is -2.12. The summed E-state index contributed by atoms with van der Waals surface area (Å²) in [5.41, 5.74) is 1.12. The third kappa shape index (κ3) is 8.00. The number of aryl methyl sites for hydroxylation is 2. The van der Waals surface area contributed by atoms with E-state index in [1.807, 2.05) is 4.57 Å². The highest BCUT2D eigenvalue weighted by atomic mass is 19.4. The summed E-state index contributed by atoms with van der Waals surface area (Å²) in [7, 11) is 0. The minimum Gasteiger partial charge on any atom is -0.368 e. The Bertz CT molecular complexity index is 842. The van der Waals surface area contributed by atoms with E-state index in [1.165, 1.54) is 0 Å². The van der Waals surface area contributed by atoms with E-state index in [4.69, 9.17) is 4.74 Å². The van der Waals surface area contributed by atoms with Crippen molar-refractivity contribution in [2.75, 3.05) is 6.61 Å². The molecule has 3 rings (SSSR count). The van der Waals surface area contributed by atoms with Crippen LogP contribution in [0.15, 0.2) is 18.5 Å². The van der Waals surface area contributed by atoms with Crippen LogP contribution in [0.3, 0.4) is 0 Å². The normalized spacial score (nSPS) is 25.3. The zero-order valence-corrected chi connectivity index (χ0v) is 17.8. The molecule has 2 aliphatic carbocycles. The number of ether oxygens (including phenoxy) is 3. The van der Waals surface area contributed by atoms with E-state index in [2.05, 4.69) is 26.4 Å². The lowest BCUT2D eigenvalue weighted by atomic mass is 9.80. The Morgan fingerprint density at radius 1 is 1.09 bits per heavy atom. The second-order valence-corrected chi connectivity index (χ2v) is 8.25. The summed E-state index contributed by atoms with van der Waals surface area (Å²) >= 11 is 0. The monoisotopic (exact) mass is 485 g/mol. The number of allylic oxidation sites excluding steroid dienone is 1. The molecule has 0 atom stereocenters. The Balaban J connectivity index is 1.32. The number of imidazole rings is 1. The lowest BCUT2D eigenvalue weighted by Gasteiger charge is -2.34. The number of rotatable bonds is 10. The lowest BCUT2D eigenvalue weighted by Crippen LogP contribution is -2.42. The first-order chi connectivity index (χ1) is 15.3. The molecular formula is C20H25F6N3O4. The van der Waals surface area contributed by atoms with Gasteiger partial charge in [-0.25, -0.2) is 4.98 Å². The van der Waals surface area contributed by atoms with Crippen LogP contribution in [0.2, 0.25) is 0 Å². The second-order valence-electron chi connectivity index (χ2n) is 8.25. The zero-order valence-electron chi connectivity index (χ0n) is 17.8. The van der Waals surface area contributed by atoms with Crippen molar-refractivity contribution in [3.8, 4) is 0 Å². The smallest absolute Gasteiger partial charge is 0.368 e. The summed E-state index contributed by atoms with van der Waals surface area (Å²) in [6.45, 7) is 5.70. The van der Waals surface area contributed by atoms with Crippen molar-refractivity contribution in [3.63, 3.8) is 0 Å². The highest BCUT2D eigenvalue weighted by Crippen LogP contribution is 2.40. The van der Waals surface area contributed by atoms with Gasteiger partial charge in [0.1, 0.15) is 12.4 Å². The summed E-state index contributed by atoms with van der Waals surface area (Å²) in [5, 5.41) is 2.58. The van der Waals surface area contributed by atoms with Crippen LogP contribution < -0.4 is 5.32 Å². The van der Waals surface area contributed by atoms with Crippen LogP contribution in [-0.4, -0.2) is 53.1 Å². The molecule has 0 aliphatic heterocycles. The fourth-order valence-electron chi connectivity index (χ4n) is 3.73. The molecule has 0 saturated heterocycles. The predicted octanol–water partition coefficient (Wildman–Crippen LogP) is 4.08. The van der Waals surface area contributed by atoms with Gasteiger partial charge in [-0.3, -0.25) is 14.3 Å². The van der Waals surface area contributed by atoms with Crippen LogP contribution >= 0.6 is 0 Å². The molecule has 1 amide bonds. The molecule has 0 unspecified atom stereocenters. The average molecular weight is 485 g/mol. The third-order valence-electron chi connectivity index (χ3n) is 5.58. The van der Waals surface area contributed by atoms with Crippen molar-refractivity contribution in [3.05, 3.63) is 30.0 Å². The molecule has 2 fully saturated rings. The van der Waals surface area contributed by atoms with Crippen LogP contribution in [0.5, 0.6) is 0 Å². The predicted molar refractivity (Wildman–Crippen MR) is 102 cm³/mol. The molecule has 0 spiro atoms. The van der Waals surface area contributed by atoms with Gasteiger partial charge in [0.05, 0.1) is 24.0 Å². The minimum atomic E-state index is -4.68. The number of aromatic nitrogens is 2. The molecule has 1 aromatic heterocycles. The van der Waals surface area contributed by atoms with E-state index in [0.717, 1.165) is 0 Å². The van der Waals surface area contributed by atoms with Crippen molar-refractivity contribution in [1.82, 2.24) is 14.9 Å². The van der Waals surface area contributed by atoms with Gasteiger partial charge in [-0.15, -0.1) is 26.3 Å². The van der Waals surface area contributed by atoms with Gasteiger partial charge in [0.2, 0.25) is 5.91 Å². The van der Waals surface area contributed by atoms with E-state index in [9.17, 15) is 31.1 Å². The number of carbonyl (C=O) groups excluding carboxylic acids is 1. The maximum absolute atomic E-state index is 12.2. The largest absolute Gasteiger partial charge is 0.522 e. The molecule has 186 valence electrons. The van der Waals surface area contributed by atoms with Crippen molar-refractivity contribution in [1.29, 1.82) is 0 Å². The standard InChI is InChI=1S/C20H25F6N3O4/c1-11(27-18(30)10-31-14-7-16(8-14)33-20(24,25)26)3-4-29-9-17(28-12(29)2)13-5-15(6-13)32-19(21,22)23/h9,13-16H,1,3-8,10H2,2H3,(H,27,30)/t13-,14-,15+,16+. The van der Waals surface area contributed by atoms with Crippen molar-refractivity contribution in [2.24, 2.45) is 0 Å². The molecule has 2 aliphatic rings. The zero-order chi connectivity index (χ0) is 24.4. The minimum absolute atomic E-state index is 0.0695. The van der Waals surface area contributed by atoms with Crippen molar-refractivity contribution < 1.29 is 45.3 Å². The van der Waals surface area contributed by atoms with Crippen LogP contribution in [0.1, 0.15) is 49.5 Å². The molecule has 0 aromatic carbocycles. The van der Waals surface area contributed by atoms with E-state index >= 15 is 0 Å². The molecule has 1 aromatic rings. The number of hydrogen-bond donors (Lipinski definition) is 1. The Kier molecular flexibility index (Phi) is 7.74. The molecule has 1 N–H and O–H groups in total. The van der Waals surface area contributed by atoms with Gasteiger partial charge in [0, 0.05) is 43.6 Å². The number of amides is 1. The Morgan fingerprint density at radius 2 is 1.67 bits per heavy atom. The number of nitrogens with zero attached hydrogens (tertiary/aromatic N) is 2. The molecule has 7 nitrogen and oxygen atoms in total. The van der Waals surface area contributed by atoms with Crippen LogP contribution in [0.25, 0.3) is 0 Å². The van der Waals surface area contributed by atoms with Gasteiger partial charge in [0.15, 0.2) is 0 Å². The van der Waals surface area contributed by atoms with Gasteiger partial charge in [-0.1, -0.05) is 6.58 Å². The Morgan fingerprint density at radius 3 is 2.24 bits per heavy atom. The topological polar surface area (TPSA) is 74.6 Å². The van der Waals surface area contributed by atoms with E-state index in [-0.39, 0.29) is 38.2 Å². The molecule has 13 heteroatoms. The van der Waals surface area contributed by atoms with Crippen LogP contribution in [0.4, 0.5) is 26.3 Å². The summed E-state index contributed by atoms with van der Waals surface area (Å²) in [5.74, 6) is 0.131. The summed E-state index contributed by atoms with van der Waals surface area (Å²) in [4.78, 5) is 16.3. The van der Waals surface area contributed by atoms with Gasteiger partial charge >= 0.3 is 12.7 Å². The van der Waals surface area contributed by atoms with Crippen LogP contribution in [0, 0.1) is 6.92 Å². The van der Waals surface area contributed by atoms with E-state index < -0.39 is 36.9 Å². The molecule has 0 radical (unpaired) electrons. The van der Waals surface area contributed by atoms with Gasteiger partial charge in [0.25, 0.3) is 0 Å². The highest BCUT2D eigenvalue weighted by molar-refractivity contribution is 5.78. The van der Waals surface area contributed by atoms with Crippen molar-refractivity contribution in [2.45, 2.75) is 82.5 Å². The number of carbonyl (C=O) groups is 1. The molecule has 33 heavy (non-hydrogen) atoms. The average Bonchev–Trinajstić information content (AvgIpc) is 2.96. The number of halogens is 6. The Labute approximate surface area is 186 Å². The van der Waals surface area contributed by atoms with Crippen molar-refractivity contribution >= 4 is 5.91 Å². The first-order valence-electron chi connectivity index (χ1n) is 10.4. The van der Waals surface area contributed by atoms with Crippen LogP contribution in [-0.2, 0) is 25.5 Å². The maximum Gasteiger partial charge on any atom is 0.522 e. The van der Waals surface area contributed by atoms with E-state index in [0.29, 0.717) is 30.2 Å². The number of hydrogen-bond acceptors (Lipinski definition) is 5. The van der Waals surface area contributed by atoms with Gasteiger partial charge in [-0.05, 0) is 19.8 Å². The van der Waals surface area contributed by atoms with Gasteiger partial charge < -0.3 is 14.6 Å².